The Labute approximate surface area is 114 Å². The van der Waals surface area contributed by atoms with Crippen LogP contribution in [0.3, 0.4) is 0 Å². The molecule has 3 aromatic heterocycles. The number of pyridine rings is 1. The minimum absolute atomic E-state index is 0.0523. The number of aryl methyl sites for hydroxylation is 1. The van der Waals surface area contributed by atoms with Gasteiger partial charge in [-0.15, -0.1) is 5.10 Å². The zero-order valence-electron chi connectivity index (χ0n) is 10.5. The molecule has 1 unspecified atom stereocenters. The van der Waals surface area contributed by atoms with Gasteiger partial charge in [0.2, 0.25) is 5.16 Å². The molecule has 3 rings (SSSR count). The molecule has 0 aliphatic heterocycles. The lowest BCUT2D eigenvalue weighted by molar-refractivity contribution is 0.152. The molecule has 3 aromatic rings. The Bertz CT molecular complexity index is 848. The molecule has 0 radical (unpaired) electrons. The molecule has 0 saturated carbocycles. The van der Waals surface area contributed by atoms with Crippen molar-refractivity contribution in [2.45, 2.75) is 18.5 Å². The standard InChI is InChI=1S/C11H9F2N5OS/c1-5-15-10-7(8(12)13)3-6-4-14-11(20(2)19)16-9(6)18(10)17-5/h3-4,8H,1-2H3. The maximum absolute atomic E-state index is 13.1. The SMILES string of the molecule is Cc1nc2c(C(F)F)cc3cnc(S(C)=O)nc3n2n1. The highest BCUT2D eigenvalue weighted by atomic mass is 32.2. The Morgan fingerprint density at radius 2 is 2.05 bits per heavy atom. The molecular weight excluding hydrogens is 288 g/mol. The van der Waals surface area contributed by atoms with E-state index in [4.69, 9.17) is 0 Å². The molecule has 104 valence electrons. The van der Waals surface area contributed by atoms with Crippen LogP contribution in [0.5, 0.6) is 0 Å². The van der Waals surface area contributed by atoms with E-state index in [1.54, 1.807) is 6.92 Å². The summed E-state index contributed by atoms with van der Waals surface area (Å²) in [5.74, 6) is 0.359. The molecule has 0 aliphatic rings. The minimum atomic E-state index is -2.68. The third kappa shape index (κ3) is 1.94. The predicted molar refractivity (Wildman–Crippen MR) is 68.1 cm³/mol. The molecule has 3 heterocycles. The number of alkyl halides is 2. The zero-order chi connectivity index (χ0) is 14.4. The molecule has 0 N–H and O–H groups in total. The fourth-order valence-corrected chi connectivity index (χ4v) is 2.33. The molecule has 1 atom stereocenters. The largest absolute Gasteiger partial charge is 0.267 e. The van der Waals surface area contributed by atoms with Gasteiger partial charge >= 0.3 is 0 Å². The normalized spacial score (nSPS) is 13.4. The zero-order valence-corrected chi connectivity index (χ0v) is 11.4. The van der Waals surface area contributed by atoms with E-state index < -0.39 is 17.2 Å². The first-order valence-corrected chi connectivity index (χ1v) is 7.18. The summed E-state index contributed by atoms with van der Waals surface area (Å²) in [5.41, 5.74) is 0.133. The van der Waals surface area contributed by atoms with Crippen LogP contribution in [0.25, 0.3) is 16.7 Å². The van der Waals surface area contributed by atoms with Crippen molar-refractivity contribution in [1.29, 1.82) is 0 Å². The first-order chi connectivity index (χ1) is 9.47. The van der Waals surface area contributed by atoms with Gasteiger partial charge in [-0.2, -0.15) is 4.52 Å². The second kappa shape index (κ2) is 4.51. The van der Waals surface area contributed by atoms with Crippen LogP contribution in [0, 0.1) is 6.92 Å². The topological polar surface area (TPSA) is 73.0 Å². The van der Waals surface area contributed by atoms with Gasteiger partial charge in [0.15, 0.2) is 11.3 Å². The van der Waals surface area contributed by atoms with Crippen molar-refractivity contribution in [2.24, 2.45) is 0 Å². The van der Waals surface area contributed by atoms with E-state index in [0.29, 0.717) is 16.9 Å². The number of rotatable bonds is 2. The number of aromatic nitrogens is 5. The van der Waals surface area contributed by atoms with Gasteiger partial charge in [0.25, 0.3) is 6.43 Å². The quantitative estimate of drug-likeness (QED) is 0.673. The average molecular weight is 297 g/mol. The van der Waals surface area contributed by atoms with Crippen molar-refractivity contribution in [3.05, 3.63) is 23.7 Å². The summed E-state index contributed by atoms with van der Waals surface area (Å²) in [6.07, 6.45) is 0.130. The minimum Gasteiger partial charge on any atom is -0.251 e. The molecule has 0 saturated heterocycles. The van der Waals surface area contributed by atoms with E-state index in [1.165, 1.54) is 23.0 Å². The van der Waals surface area contributed by atoms with Gasteiger partial charge in [-0.25, -0.2) is 23.7 Å². The van der Waals surface area contributed by atoms with E-state index in [-0.39, 0.29) is 16.4 Å². The van der Waals surface area contributed by atoms with Crippen LogP contribution in [0.15, 0.2) is 17.4 Å². The Balaban J connectivity index is 2.46. The molecule has 0 bridgehead atoms. The van der Waals surface area contributed by atoms with Crippen LogP contribution >= 0.6 is 0 Å². The molecule has 0 fully saturated rings. The smallest absolute Gasteiger partial charge is 0.251 e. The molecule has 20 heavy (non-hydrogen) atoms. The summed E-state index contributed by atoms with van der Waals surface area (Å²) in [4.78, 5) is 12.0. The molecule has 6 nitrogen and oxygen atoms in total. The maximum Gasteiger partial charge on any atom is 0.267 e. The number of halogens is 2. The third-order valence-corrected chi connectivity index (χ3v) is 3.46. The van der Waals surface area contributed by atoms with Gasteiger partial charge < -0.3 is 0 Å². The van der Waals surface area contributed by atoms with Gasteiger partial charge in [-0.05, 0) is 13.0 Å². The van der Waals surface area contributed by atoms with E-state index in [2.05, 4.69) is 20.1 Å². The Kier molecular flexibility index (Phi) is 2.93. The van der Waals surface area contributed by atoms with Crippen molar-refractivity contribution in [2.75, 3.05) is 6.26 Å². The summed E-state index contributed by atoms with van der Waals surface area (Å²) in [7, 11) is -1.37. The maximum atomic E-state index is 13.1. The second-order valence-electron chi connectivity index (χ2n) is 4.18. The summed E-state index contributed by atoms with van der Waals surface area (Å²) in [6, 6.07) is 1.28. The number of hydrogen-bond donors (Lipinski definition) is 0. The van der Waals surface area contributed by atoms with Gasteiger partial charge in [-0.1, -0.05) is 0 Å². The highest BCUT2D eigenvalue weighted by Gasteiger charge is 2.19. The lowest BCUT2D eigenvalue weighted by atomic mass is 10.2. The van der Waals surface area contributed by atoms with Crippen molar-refractivity contribution < 1.29 is 13.0 Å². The van der Waals surface area contributed by atoms with Gasteiger partial charge in [0.05, 0.1) is 16.4 Å². The Hall–Kier alpha value is -2.03. The lowest BCUT2D eigenvalue weighted by Gasteiger charge is -2.06. The molecule has 0 aromatic carbocycles. The first kappa shape index (κ1) is 13.0. The average Bonchev–Trinajstić information content (AvgIpc) is 2.78. The Morgan fingerprint density at radius 1 is 1.30 bits per heavy atom. The molecule has 9 heteroatoms. The fraction of sp³-hybridized carbons (Fsp3) is 0.273. The van der Waals surface area contributed by atoms with Gasteiger partial charge in [0.1, 0.15) is 5.82 Å². The van der Waals surface area contributed by atoms with Gasteiger partial charge in [0, 0.05) is 17.8 Å². The second-order valence-corrected chi connectivity index (χ2v) is 5.45. The number of fused-ring (bicyclic) bond motifs is 3. The van der Waals surface area contributed by atoms with Crippen molar-refractivity contribution in [1.82, 2.24) is 24.6 Å². The fourth-order valence-electron chi connectivity index (χ4n) is 1.92. The summed E-state index contributed by atoms with van der Waals surface area (Å²) in [6.45, 7) is 1.61. The van der Waals surface area contributed by atoms with Gasteiger partial charge in [-0.3, -0.25) is 4.21 Å². The first-order valence-electron chi connectivity index (χ1n) is 5.62. The molecule has 0 amide bonds. The molecule has 0 spiro atoms. The van der Waals surface area contributed by atoms with Crippen LogP contribution < -0.4 is 0 Å². The number of nitrogens with zero attached hydrogens (tertiary/aromatic N) is 5. The third-order valence-electron chi connectivity index (χ3n) is 2.75. The monoisotopic (exact) mass is 297 g/mol. The van der Waals surface area contributed by atoms with Crippen molar-refractivity contribution >= 4 is 27.5 Å². The predicted octanol–water partition coefficient (Wildman–Crippen LogP) is 1.66. The highest BCUT2D eigenvalue weighted by molar-refractivity contribution is 7.84. The van der Waals surface area contributed by atoms with Crippen molar-refractivity contribution in [3.63, 3.8) is 0 Å². The van der Waals surface area contributed by atoms with Crippen LogP contribution in [-0.2, 0) is 10.8 Å². The van der Waals surface area contributed by atoms with Crippen LogP contribution in [0.1, 0.15) is 17.8 Å². The van der Waals surface area contributed by atoms with E-state index in [1.807, 2.05) is 0 Å². The van der Waals surface area contributed by atoms with Crippen LogP contribution in [-0.4, -0.2) is 35.0 Å². The number of hydrogen-bond acceptors (Lipinski definition) is 5. The summed E-state index contributed by atoms with van der Waals surface area (Å²) < 4.78 is 38.8. The highest BCUT2D eigenvalue weighted by Crippen LogP contribution is 2.26. The van der Waals surface area contributed by atoms with E-state index >= 15 is 0 Å². The van der Waals surface area contributed by atoms with Crippen LogP contribution in [0.4, 0.5) is 8.78 Å². The molecule has 0 aliphatic carbocycles. The van der Waals surface area contributed by atoms with E-state index in [9.17, 15) is 13.0 Å². The van der Waals surface area contributed by atoms with Crippen molar-refractivity contribution in [3.8, 4) is 0 Å². The summed E-state index contributed by atoms with van der Waals surface area (Å²) >= 11 is 0. The van der Waals surface area contributed by atoms with Crippen LogP contribution in [0.2, 0.25) is 0 Å². The lowest BCUT2D eigenvalue weighted by Crippen LogP contribution is -2.03. The Morgan fingerprint density at radius 3 is 2.70 bits per heavy atom. The van der Waals surface area contributed by atoms with E-state index in [0.717, 1.165) is 0 Å². The molecular formula is C11H9F2N5OS. The summed E-state index contributed by atoms with van der Waals surface area (Å²) in [5, 5.41) is 4.59.